The third-order valence-corrected chi connectivity index (χ3v) is 5.31. The van der Waals surface area contributed by atoms with Gasteiger partial charge in [-0.15, -0.1) is 0 Å². The van der Waals surface area contributed by atoms with E-state index < -0.39 is 0 Å². The zero-order valence-electron chi connectivity index (χ0n) is 20.6. The van der Waals surface area contributed by atoms with Gasteiger partial charge in [0.25, 0.3) is 0 Å². The number of furan rings is 1. The van der Waals surface area contributed by atoms with Crippen molar-refractivity contribution >= 4 is 11.8 Å². The number of benzene rings is 1. The van der Waals surface area contributed by atoms with Gasteiger partial charge < -0.3 is 28.4 Å². The molecular weight excluding hydrogens is 424 g/mol. The molecule has 1 heterocycles. The first-order chi connectivity index (χ1) is 15.8. The van der Waals surface area contributed by atoms with E-state index >= 15 is 0 Å². The standard InChI is InChI=1S/C25H36N2O6/c1-18(2)25(29)27(13-14-30-4)17-24(28)26(16-21-9-7-19(3)33-21)12-11-20-8-10-22(31-5)23(15-20)32-6/h7-10,15,18H,11-14,16-17H2,1-6H3. The second kappa shape index (κ2) is 12.9. The molecule has 0 saturated heterocycles. The highest BCUT2D eigenvalue weighted by Crippen LogP contribution is 2.27. The Morgan fingerprint density at radius 3 is 2.27 bits per heavy atom. The maximum atomic E-state index is 13.3. The van der Waals surface area contributed by atoms with Crippen molar-refractivity contribution in [2.24, 2.45) is 5.92 Å². The molecule has 0 radical (unpaired) electrons. The summed E-state index contributed by atoms with van der Waals surface area (Å²) in [6.45, 7) is 7.03. The van der Waals surface area contributed by atoms with Gasteiger partial charge in [0, 0.05) is 26.1 Å². The van der Waals surface area contributed by atoms with Gasteiger partial charge in [-0.2, -0.15) is 0 Å². The lowest BCUT2D eigenvalue weighted by Gasteiger charge is -2.28. The van der Waals surface area contributed by atoms with Gasteiger partial charge >= 0.3 is 0 Å². The van der Waals surface area contributed by atoms with Crippen molar-refractivity contribution in [1.82, 2.24) is 9.80 Å². The fourth-order valence-electron chi connectivity index (χ4n) is 3.45. The van der Waals surface area contributed by atoms with E-state index in [9.17, 15) is 9.59 Å². The van der Waals surface area contributed by atoms with E-state index in [4.69, 9.17) is 18.6 Å². The minimum absolute atomic E-state index is 0.00794. The maximum Gasteiger partial charge on any atom is 0.242 e. The van der Waals surface area contributed by atoms with Crippen LogP contribution in [0.2, 0.25) is 0 Å². The summed E-state index contributed by atoms with van der Waals surface area (Å²) in [6, 6.07) is 9.46. The van der Waals surface area contributed by atoms with E-state index in [-0.39, 0.29) is 24.3 Å². The Balaban J connectivity index is 2.18. The van der Waals surface area contributed by atoms with Crippen LogP contribution in [0.5, 0.6) is 11.5 Å². The predicted molar refractivity (Wildman–Crippen MR) is 125 cm³/mol. The highest BCUT2D eigenvalue weighted by atomic mass is 16.5. The fourth-order valence-corrected chi connectivity index (χ4v) is 3.45. The van der Waals surface area contributed by atoms with Crippen molar-refractivity contribution in [2.45, 2.75) is 33.7 Å². The van der Waals surface area contributed by atoms with E-state index in [1.165, 1.54) is 0 Å². The molecule has 182 valence electrons. The fraction of sp³-hybridized carbons (Fsp3) is 0.520. The van der Waals surface area contributed by atoms with Crippen molar-refractivity contribution in [1.29, 1.82) is 0 Å². The Kier molecular flexibility index (Phi) is 10.3. The first-order valence-electron chi connectivity index (χ1n) is 11.1. The average Bonchev–Trinajstić information content (AvgIpc) is 3.22. The molecule has 8 heteroatoms. The monoisotopic (exact) mass is 460 g/mol. The molecule has 8 nitrogen and oxygen atoms in total. The number of hydrogen-bond donors (Lipinski definition) is 0. The molecular formula is C25H36N2O6. The first kappa shape index (κ1) is 26.3. The number of amides is 2. The highest BCUT2D eigenvalue weighted by Gasteiger charge is 2.24. The lowest BCUT2D eigenvalue weighted by molar-refractivity contribution is -0.143. The molecule has 0 bridgehead atoms. The van der Waals surface area contributed by atoms with Crippen LogP contribution in [0.4, 0.5) is 0 Å². The second-order valence-corrected chi connectivity index (χ2v) is 8.17. The Labute approximate surface area is 196 Å². The Bertz CT molecular complexity index is 908. The quantitative estimate of drug-likeness (QED) is 0.456. The van der Waals surface area contributed by atoms with Gasteiger partial charge in [-0.1, -0.05) is 19.9 Å². The minimum atomic E-state index is -0.206. The van der Waals surface area contributed by atoms with Crippen LogP contribution in [0.15, 0.2) is 34.7 Å². The summed E-state index contributed by atoms with van der Waals surface area (Å²) in [7, 11) is 4.77. The van der Waals surface area contributed by atoms with Crippen molar-refractivity contribution < 1.29 is 28.2 Å². The number of rotatable bonds is 13. The van der Waals surface area contributed by atoms with Crippen LogP contribution in [0.3, 0.4) is 0 Å². The Hall–Kier alpha value is -3.00. The molecule has 0 saturated carbocycles. The lowest BCUT2D eigenvalue weighted by atomic mass is 10.1. The van der Waals surface area contributed by atoms with E-state index in [0.717, 1.165) is 11.3 Å². The van der Waals surface area contributed by atoms with Crippen LogP contribution >= 0.6 is 0 Å². The molecule has 0 atom stereocenters. The maximum absolute atomic E-state index is 13.3. The van der Waals surface area contributed by atoms with Crippen LogP contribution in [0.1, 0.15) is 30.9 Å². The van der Waals surface area contributed by atoms with Gasteiger partial charge in [-0.25, -0.2) is 0 Å². The number of methoxy groups -OCH3 is 3. The zero-order valence-corrected chi connectivity index (χ0v) is 20.6. The largest absolute Gasteiger partial charge is 0.493 e. The molecule has 0 aliphatic heterocycles. The van der Waals surface area contributed by atoms with Gasteiger partial charge in [-0.3, -0.25) is 9.59 Å². The summed E-state index contributed by atoms with van der Waals surface area (Å²) >= 11 is 0. The summed E-state index contributed by atoms with van der Waals surface area (Å²) < 4.78 is 21.5. The number of carbonyl (C=O) groups excluding carboxylic acids is 2. The smallest absolute Gasteiger partial charge is 0.242 e. The molecule has 0 N–H and O–H groups in total. The minimum Gasteiger partial charge on any atom is -0.493 e. The molecule has 2 aromatic rings. The third kappa shape index (κ3) is 7.82. The summed E-state index contributed by atoms with van der Waals surface area (Å²) in [5, 5.41) is 0. The van der Waals surface area contributed by atoms with Crippen LogP contribution in [-0.2, 0) is 27.3 Å². The van der Waals surface area contributed by atoms with E-state index in [1.54, 1.807) is 31.1 Å². The lowest BCUT2D eigenvalue weighted by Crippen LogP contribution is -2.45. The van der Waals surface area contributed by atoms with Crippen molar-refractivity contribution in [3.05, 3.63) is 47.4 Å². The molecule has 1 aromatic heterocycles. The van der Waals surface area contributed by atoms with E-state index in [0.29, 0.717) is 49.9 Å². The van der Waals surface area contributed by atoms with Gasteiger partial charge in [0.15, 0.2) is 11.5 Å². The van der Waals surface area contributed by atoms with Crippen LogP contribution < -0.4 is 9.47 Å². The number of carbonyl (C=O) groups is 2. The third-order valence-electron chi connectivity index (χ3n) is 5.31. The predicted octanol–water partition coefficient (Wildman–Crippen LogP) is 3.31. The second-order valence-electron chi connectivity index (χ2n) is 8.17. The van der Waals surface area contributed by atoms with Gasteiger partial charge in [-0.05, 0) is 43.2 Å². The molecule has 0 spiro atoms. The topological polar surface area (TPSA) is 81.5 Å². The number of nitrogens with zero attached hydrogens (tertiary/aromatic N) is 2. The molecule has 33 heavy (non-hydrogen) atoms. The van der Waals surface area contributed by atoms with Gasteiger partial charge in [0.2, 0.25) is 11.8 Å². The van der Waals surface area contributed by atoms with Crippen molar-refractivity contribution in [2.75, 3.05) is 47.6 Å². The highest BCUT2D eigenvalue weighted by molar-refractivity contribution is 5.85. The van der Waals surface area contributed by atoms with Crippen molar-refractivity contribution in [3.63, 3.8) is 0 Å². The Morgan fingerprint density at radius 2 is 1.70 bits per heavy atom. The molecule has 0 aliphatic carbocycles. The Morgan fingerprint density at radius 1 is 0.970 bits per heavy atom. The summed E-state index contributed by atoms with van der Waals surface area (Å²) in [4.78, 5) is 29.2. The van der Waals surface area contributed by atoms with Crippen LogP contribution in [0, 0.1) is 12.8 Å². The van der Waals surface area contributed by atoms with Gasteiger partial charge in [0.05, 0.1) is 33.9 Å². The van der Waals surface area contributed by atoms with Crippen molar-refractivity contribution in [3.8, 4) is 11.5 Å². The molecule has 2 rings (SSSR count). The molecule has 0 unspecified atom stereocenters. The SMILES string of the molecule is COCCN(CC(=O)N(CCc1ccc(OC)c(OC)c1)Cc1ccc(C)o1)C(=O)C(C)C. The average molecular weight is 461 g/mol. The zero-order chi connectivity index (χ0) is 24.4. The first-order valence-corrected chi connectivity index (χ1v) is 11.1. The summed E-state index contributed by atoms with van der Waals surface area (Å²) in [5.74, 6) is 2.36. The van der Waals surface area contributed by atoms with Crippen LogP contribution in [-0.4, -0.2) is 69.2 Å². The molecule has 1 aromatic carbocycles. The van der Waals surface area contributed by atoms with E-state index in [1.807, 2.05) is 51.1 Å². The van der Waals surface area contributed by atoms with Gasteiger partial charge in [0.1, 0.15) is 11.5 Å². The number of aryl methyl sites for hydroxylation is 1. The summed E-state index contributed by atoms with van der Waals surface area (Å²) in [5.41, 5.74) is 1.01. The number of ether oxygens (including phenoxy) is 3. The molecule has 0 fully saturated rings. The van der Waals surface area contributed by atoms with Crippen LogP contribution in [0.25, 0.3) is 0 Å². The number of hydrogen-bond acceptors (Lipinski definition) is 6. The molecule has 0 aliphatic rings. The summed E-state index contributed by atoms with van der Waals surface area (Å²) in [6.07, 6.45) is 0.613. The van der Waals surface area contributed by atoms with E-state index in [2.05, 4.69) is 0 Å². The molecule has 2 amide bonds. The normalized spacial score (nSPS) is 10.9.